The highest BCUT2D eigenvalue weighted by Crippen LogP contribution is 2.37. The largest absolute Gasteiger partial charge is 0.312 e. The molecule has 2 aliphatic rings. The Labute approximate surface area is 147 Å². The minimum absolute atomic E-state index is 0.0583. The summed E-state index contributed by atoms with van der Waals surface area (Å²) in [5.74, 6) is 0.336. The zero-order valence-corrected chi connectivity index (χ0v) is 14.6. The van der Waals surface area contributed by atoms with Crippen molar-refractivity contribution in [2.75, 3.05) is 16.2 Å². The highest BCUT2D eigenvalue weighted by Gasteiger charge is 2.36. The van der Waals surface area contributed by atoms with Gasteiger partial charge in [0.15, 0.2) is 0 Å². The number of hydrogen-bond donors (Lipinski definition) is 1. The van der Waals surface area contributed by atoms with Crippen molar-refractivity contribution in [3.8, 4) is 0 Å². The van der Waals surface area contributed by atoms with Gasteiger partial charge in [-0.25, -0.2) is 8.42 Å². The van der Waals surface area contributed by atoms with Crippen LogP contribution in [0.1, 0.15) is 24.0 Å². The summed E-state index contributed by atoms with van der Waals surface area (Å²) in [6.07, 6.45) is 2.74. The van der Waals surface area contributed by atoms with E-state index in [2.05, 4.69) is 4.72 Å². The molecule has 2 aromatic carbocycles. The summed E-state index contributed by atoms with van der Waals surface area (Å²) in [7, 11) is -3.47. The van der Waals surface area contributed by atoms with Crippen LogP contribution in [-0.4, -0.2) is 20.9 Å². The molecule has 130 valence electrons. The molecule has 0 saturated heterocycles. The Kier molecular flexibility index (Phi) is 4.00. The molecular weight excluding hydrogens is 336 g/mol. The monoisotopic (exact) mass is 356 g/mol. The van der Waals surface area contributed by atoms with E-state index in [1.807, 2.05) is 35.2 Å². The van der Waals surface area contributed by atoms with Crippen molar-refractivity contribution in [2.24, 2.45) is 5.92 Å². The van der Waals surface area contributed by atoms with E-state index >= 15 is 0 Å². The fourth-order valence-electron chi connectivity index (χ4n) is 3.25. The van der Waals surface area contributed by atoms with Gasteiger partial charge in [0.05, 0.1) is 5.75 Å². The Morgan fingerprint density at radius 3 is 2.60 bits per heavy atom. The molecule has 1 aliphatic carbocycles. The quantitative estimate of drug-likeness (QED) is 0.896. The second-order valence-corrected chi connectivity index (χ2v) is 8.43. The predicted molar refractivity (Wildman–Crippen MR) is 97.9 cm³/mol. The van der Waals surface area contributed by atoms with Gasteiger partial charge in [0.2, 0.25) is 15.9 Å². The molecule has 1 saturated carbocycles. The lowest BCUT2D eigenvalue weighted by atomic mass is 10.1. The number of sulfonamides is 1. The molecule has 0 atom stereocenters. The first-order valence-electron chi connectivity index (χ1n) is 8.50. The van der Waals surface area contributed by atoms with Gasteiger partial charge in [-0.1, -0.05) is 30.3 Å². The van der Waals surface area contributed by atoms with Crippen LogP contribution in [-0.2, 0) is 27.0 Å². The summed E-state index contributed by atoms with van der Waals surface area (Å²) in [5.41, 5.74) is 3.24. The summed E-state index contributed by atoms with van der Waals surface area (Å²) >= 11 is 0. The van der Waals surface area contributed by atoms with Gasteiger partial charge in [-0.3, -0.25) is 9.52 Å². The number of nitrogens with zero attached hydrogens (tertiary/aromatic N) is 1. The minimum atomic E-state index is -3.47. The maximum Gasteiger partial charge on any atom is 0.236 e. The Bertz CT molecular complexity index is 906. The molecule has 0 bridgehead atoms. The van der Waals surface area contributed by atoms with Crippen LogP contribution in [0, 0.1) is 5.92 Å². The predicted octanol–water partition coefficient (Wildman–Crippen LogP) is 2.93. The van der Waals surface area contributed by atoms with Gasteiger partial charge >= 0.3 is 0 Å². The van der Waals surface area contributed by atoms with Crippen molar-refractivity contribution in [3.05, 3.63) is 59.7 Å². The molecule has 0 aromatic heterocycles. The SMILES string of the molecule is O=C(C1CC1)N1CCc2cc(NS(=O)(=O)Cc3ccccc3)ccc21. The van der Waals surface area contributed by atoms with Crippen LogP contribution in [0.2, 0.25) is 0 Å². The lowest BCUT2D eigenvalue weighted by molar-refractivity contribution is -0.119. The number of nitrogens with one attached hydrogen (secondary N) is 1. The Balaban J connectivity index is 1.50. The standard InChI is InChI=1S/C19H20N2O3S/c22-19(15-6-7-15)21-11-10-16-12-17(8-9-18(16)21)20-25(23,24)13-14-4-2-1-3-5-14/h1-5,8-9,12,15,20H,6-7,10-11,13H2. The second-order valence-electron chi connectivity index (χ2n) is 6.70. The average molecular weight is 356 g/mol. The number of rotatable bonds is 5. The number of amides is 1. The van der Waals surface area contributed by atoms with Crippen LogP contribution in [0.25, 0.3) is 0 Å². The van der Waals surface area contributed by atoms with Crippen LogP contribution in [0.15, 0.2) is 48.5 Å². The van der Waals surface area contributed by atoms with Gasteiger partial charge in [-0.15, -0.1) is 0 Å². The molecule has 2 aromatic rings. The highest BCUT2D eigenvalue weighted by molar-refractivity contribution is 7.91. The molecule has 1 fully saturated rings. The Morgan fingerprint density at radius 1 is 1.12 bits per heavy atom. The van der Waals surface area contributed by atoms with Crippen molar-refractivity contribution in [2.45, 2.75) is 25.0 Å². The lowest BCUT2D eigenvalue weighted by Crippen LogP contribution is -2.30. The molecule has 6 heteroatoms. The number of carbonyl (C=O) groups is 1. The van der Waals surface area contributed by atoms with E-state index in [-0.39, 0.29) is 17.6 Å². The smallest absolute Gasteiger partial charge is 0.236 e. The van der Waals surface area contributed by atoms with E-state index in [4.69, 9.17) is 0 Å². The van der Waals surface area contributed by atoms with Gasteiger partial charge < -0.3 is 4.90 Å². The average Bonchev–Trinajstić information content (AvgIpc) is 3.34. The normalized spacial score (nSPS) is 16.6. The molecule has 5 nitrogen and oxygen atoms in total. The summed E-state index contributed by atoms with van der Waals surface area (Å²) in [5, 5.41) is 0. The van der Waals surface area contributed by atoms with Gasteiger partial charge in [-0.2, -0.15) is 0 Å². The molecule has 1 amide bonds. The van der Waals surface area contributed by atoms with Crippen molar-refractivity contribution < 1.29 is 13.2 Å². The molecule has 0 radical (unpaired) electrons. The van der Waals surface area contributed by atoms with E-state index in [0.29, 0.717) is 12.2 Å². The fraction of sp³-hybridized carbons (Fsp3) is 0.316. The second kappa shape index (κ2) is 6.19. The number of hydrogen-bond acceptors (Lipinski definition) is 3. The van der Waals surface area contributed by atoms with Gasteiger partial charge in [0.1, 0.15) is 0 Å². The first kappa shape index (κ1) is 16.1. The third-order valence-electron chi connectivity index (χ3n) is 4.64. The summed E-state index contributed by atoms with van der Waals surface area (Å²) in [6, 6.07) is 14.5. The third-order valence-corrected chi connectivity index (χ3v) is 5.90. The van der Waals surface area contributed by atoms with Crippen molar-refractivity contribution >= 4 is 27.3 Å². The van der Waals surface area contributed by atoms with Crippen molar-refractivity contribution in [1.29, 1.82) is 0 Å². The zero-order chi connectivity index (χ0) is 17.4. The van der Waals surface area contributed by atoms with E-state index in [9.17, 15) is 13.2 Å². The fourth-order valence-corrected chi connectivity index (χ4v) is 4.44. The van der Waals surface area contributed by atoms with Gasteiger partial charge in [0, 0.05) is 23.8 Å². The maximum atomic E-state index is 12.4. The maximum absolute atomic E-state index is 12.4. The van der Waals surface area contributed by atoms with E-state index in [0.717, 1.165) is 36.1 Å². The van der Waals surface area contributed by atoms with Gasteiger partial charge in [0.25, 0.3) is 0 Å². The van der Waals surface area contributed by atoms with Crippen LogP contribution in [0.3, 0.4) is 0 Å². The van der Waals surface area contributed by atoms with E-state index in [1.54, 1.807) is 18.2 Å². The first-order chi connectivity index (χ1) is 12.0. The highest BCUT2D eigenvalue weighted by atomic mass is 32.2. The Morgan fingerprint density at radius 2 is 1.88 bits per heavy atom. The molecule has 4 rings (SSSR count). The van der Waals surface area contributed by atoms with Crippen molar-refractivity contribution in [1.82, 2.24) is 0 Å². The lowest BCUT2D eigenvalue weighted by Gasteiger charge is -2.17. The number of fused-ring (bicyclic) bond motifs is 1. The number of benzene rings is 2. The van der Waals surface area contributed by atoms with Crippen LogP contribution >= 0.6 is 0 Å². The zero-order valence-electron chi connectivity index (χ0n) is 13.8. The summed E-state index contributed by atoms with van der Waals surface area (Å²) < 4.78 is 27.4. The number of anilines is 2. The topological polar surface area (TPSA) is 66.5 Å². The molecule has 1 heterocycles. The van der Waals surface area contributed by atoms with E-state index in [1.165, 1.54) is 0 Å². The van der Waals surface area contributed by atoms with Crippen LogP contribution < -0.4 is 9.62 Å². The van der Waals surface area contributed by atoms with Crippen LogP contribution in [0.4, 0.5) is 11.4 Å². The molecular formula is C19H20N2O3S. The molecule has 0 unspecified atom stereocenters. The molecule has 1 N–H and O–H groups in total. The van der Waals surface area contributed by atoms with Gasteiger partial charge in [-0.05, 0) is 48.6 Å². The van der Waals surface area contributed by atoms with Crippen molar-refractivity contribution in [3.63, 3.8) is 0 Å². The summed E-state index contributed by atoms with van der Waals surface area (Å²) in [6.45, 7) is 0.685. The third kappa shape index (κ3) is 3.54. The minimum Gasteiger partial charge on any atom is -0.312 e. The van der Waals surface area contributed by atoms with Crippen LogP contribution in [0.5, 0.6) is 0 Å². The molecule has 1 aliphatic heterocycles. The number of carbonyl (C=O) groups excluding carboxylic acids is 1. The van der Waals surface area contributed by atoms with E-state index < -0.39 is 10.0 Å². The molecule has 25 heavy (non-hydrogen) atoms. The Hall–Kier alpha value is -2.34. The first-order valence-corrected chi connectivity index (χ1v) is 10.2. The summed E-state index contributed by atoms with van der Waals surface area (Å²) in [4.78, 5) is 14.1. The molecule has 0 spiro atoms.